The van der Waals surface area contributed by atoms with E-state index in [1.165, 1.54) is 0 Å². The van der Waals surface area contributed by atoms with E-state index in [-0.39, 0.29) is 11.9 Å². The zero-order chi connectivity index (χ0) is 16.4. The number of aryl methyl sites for hydroxylation is 2. The van der Waals surface area contributed by atoms with Crippen molar-refractivity contribution in [3.8, 4) is 0 Å². The topological polar surface area (TPSA) is 76.2 Å². The summed E-state index contributed by atoms with van der Waals surface area (Å²) in [6.45, 7) is 7.53. The minimum atomic E-state index is -0.218. The van der Waals surface area contributed by atoms with Gasteiger partial charge >= 0.3 is 0 Å². The van der Waals surface area contributed by atoms with Gasteiger partial charge in [0.05, 0.1) is 24.5 Å². The lowest BCUT2D eigenvalue weighted by Gasteiger charge is -2.29. The first-order valence-electron chi connectivity index (χ1n) is 8.02. The van der Waals surface area contributed by atoms with E-state index in [0.29, 0.717) is 11.9 Å². The van der Waals surface area contributed by atoms with E-state index in [2.05, 4.69) is 20.5 Å². The molecule has 1 N–H and O–H groups in total. The molecule has 2 aromatic heterocycles. The molecule has 0 saturated carbocycles. The van der Waals surface area contributed by atoms with Gasteiger partial charge in [-0.3, -0.25) is 19.7 Å². The second-order valence-corrected chi connectivity index (χ2v) is 6.27. The van der Waals surface area contributed by atoms with Crippen LogP contribution in [0.15, 0.2) is 23.0 Å². The highest BCUT2D eigenvalue weighted by Gasteiger charge is 2.32. The van der Waals surface area contributed by atoms with Gasteiger partial charge in [-0.05, 0) is 45.7 Å². The summed E-state index contributed by atoms with van der Waals surface area (Å²) in [4.78, 5) is 14.7. The van der Waals surface area contributed by atoms with Gasteiger partial charge in [0, 0.05) is 18.3 Å². The van der Waals surface area contributed by atoms with Crippen LogP contribution < -0.4 is 5.32 Å². The molecule has 0 unspecified atom stereocenters. The first-order chi connectivity index (χ1) is 11.0. The number of hydrogen-bond acceptors (Lipinski definition) is 5. The molecule has 1 amide bonds. The summed E-state index contributed by atoms with van der Waals surface area (Å²) in [6.07, 6.45) is 6.09. The quantitative estimate of drug-likeness (QED) is 0.912. The number of aromatic nitrogens is 3. The Kier molecular flexibility index (Phi) is 4.47. The minimum absolute atomic E-state index is 0.0651. The van der Waals surface area contributed by atoms with Crippen LogP contribution in [0, 0.1) is 13.8 Å². The minimum Gasteiger partial charge on any atom is -0.338 e. The van der Waals surface area contributed by atoms with Crippen molar-refractivity contribution in [3.05, 3.63) is 29.7 Å². The number of carbonyl (C=O) groups is 1. The van der Waals surface area contributed by atoms with Crippen molar-refractivity contribution in [2.24, 2.45) is 0 Å². The molecule has 7 nitrogen and oxygen atoms in total. The summed E-state index contributed by atoms with van der Waals surface area (Å²) >= 11 is 0. The Morgan fingerprint density at radius 3 is 3.00 bits per heavy atom. The van der Waals surface area contributed by atoms with Crippen molar-refractivity contribution in [2.45, 2.75) is 52.2 Å². The van der Waals surface area contributed by atoms with Gasteiger partial charge in [0.15, 0.2) is 0 Å². The van der Waals surface area contributed by atoms with Gasteiger partial charge in [-0.15, -0.1) is 0 Å². The standard InChI is InChI=1S/C16H23N5O2/c1-11-8-17-20(9-11)10-14-5-4-6-21(14)13(3)16(22)18-15-7-12(2)19-23-15/h7-9,13-14H,4-6,10H2,1-3H3,(H,18,22)/t13-,14-/m0/s1. The fourth-order valence-corrected chi connectivity index (χ4v) is 3.15. The summed E-state index contributed by atoms with van der Waals surface area (Å²) in [7, 11) is 0. The molecule has 3 heterocycles. The van der Waals surface area contributed by atoms with Crippen molar-refractivity contribution < 1.29 is 9.32 Å². The number of likely N-dealkylation sites (tertiary alicyclic amines) is 1. The fourth-order valence-electron chi connectivity index (χ4n) is 3.15. The maximum absolute atomic E-state index is 12.4. The number of nitrogens with one attached hydrogen (secondary N) is 1. The lowest BCUT2D eigenvalue weighted by atomic mass is 10.2. The van der Waals surface area contributed by atoms with Crippen molar-refractivity contribution in [2.75, 3.05) is 11.9 Å². The predicted octanol–water partition coefficient (Wildman–Crippen LogP) is 1.98. The highest BCUT2D eigenvalue weighted by Crippen LogP contribution is 2.22. The second kappa shape index (κ2) is 6.54. The fraction of sp³-hybridized carbons (Fsp3) is 0.562. The average Bonchev–Trinajstić information content (AvgIpc) is 3.22. The van der Waals surface area contributed by atoms with Gasteiger partial charge < -0.3 is 4.52 Å². The maximum Gasteiger partial charge on any atom is 0.243 e. The molecular formula is C16H23N5O2. The van der Waals surface area contributed by atoms with E-state index in [1.54, 1.807) is 6.07 Å². The van der Waals surface area contributed by atoms with Crippen LogP contribution in [0.2, 0.25) is 0 Å². The molecule has 0 radical (unpaired) electrons. The summed E-state index contributed by atoms with van der Waals surface area (Å²) in [5.74, 6) is 0.336. The van der Waals surface area contributed by atoms with Crippen LogP contribution in [-0.2, 0) is 11.3 Å². The number of nitrogens with zero attached hydrogens (tertiary/aromatic N) is 4. The molecule has 1 fully saturated rings. The van der Waals surface area contributed by atoms with Crippen LogP contribution in [0.4, 0.5) is 5.88 Å². The van der Waals surface area contributed by atoms with Gasteiger partial charge in [0.2, 0.25) is 11.8 Å². The largest absolute Gasteiger partial charge is 0.338 e. The lowest BCUT2D eigenvalue weighted by Crippen LogP contribution is -2.46. The van der Waals surface area contributed by atoms with E-state index in [9.17, 15) is 4.79 Å². The van der Waals surface area contributed by atoms with Gasteiger partial charge in [-0.1, -0.05) is 5.16 Å². The third kappa shape index (κ3) is 3.61. The number of hydrogen-bond donors (Lipinski definition) is 1. The molecule has 3 rings (SSSR count). The van der Waals surface area contributed by atoms with Crippen molar-refractivity contribution in [3.63, 3.8) is 0 Å². The molecule has 0 bridgehead atoms. The molecule has 2 atom stereocenters. The Labute approximate surface area is 135 Å². The van der Waals surface area contributed by atoms with Gasteiger partial charge in [0.1, 0.15) is 0 Å². The van der Waals surface area contributed by atoms with Crippen molar-refractivity contribution in [1.82, 2.24) is 19.8 Å². The summed E-state index contributed by atoms with van der Waals surface area (Å²) in [5.41, 5.74) is 1.90. The Balaban J connectivity index is 1.62. The van der Waals surface area contributed by atoms with Crippen LogP contribution in [-0.4, -0.2) is 44.4 Å². The first kappa shape index (κ1) is 15.7. The first-order valence-corrected chi connectivity index (χ1v) is 8.02. The molecule has 1 aliphatic heterocycles. The van der Waals surface area contributed by atoms with Crippen LogP contribution in [0.3, 0.4) is 0 Å². The number of rotatable bonds is 5. The average molecular weight is 317 g/mol. The zero-order valence-corrected chi connectivity index (χ0v) is 13.8. The Morgan fingerprint density at radius 2 is 2.35 bits per heavy atom. The lowest BCUT2D eigenvalue weighted by molar-refractivity contribution is -0.121. The third-order valence-corrected chi connectivity index (χ3v) is 4.33. The van der Waals surface area contributed by atoms with E-state index in [1.807, 2.05) is 37.8 Å². The monoisotopic (exact) mass is 317 g/mol. The molecule has 23 heavy (non-hydrogen) atoms. The molecule has 0 spiro atoms. The Hall–Kier alpha value is -2.15. The molecule has 7 heteroatoms. The van der Waals surface area contributed by atoms with Crippen LogP contribution in [0.25, 0.3) is 0 Å². The van der Waals surface area contributed by atoms with E-state index < -0.39 is 0 Å². The van der Waals surface area contributed by atoms with E-state index in [4.69, 9.17) is 4.52 Å². The number of amides is 1. The molecule has 1 saturated heterocycles. The summed E-state index contributed by atoms with van der Waals surface area (Å²) in [5, 5.41) is 10.9. The predicted molar refractivity (Wildman–Crippen MR) is 86.0 cm³/mol. The van der Waals surface area contributed by atoms with Gasteiger partial charge in [-0.2, -0.15) is 5.10 Å². The van der Waals surface area contributed by atoms with Crippen molar-refractivity contribution >= 4 is 11.8 Å². The van der Waals surface area contributed by atoms with Crippen LogP contribution >= 0.6 is 0 Å². The maximum atomic E-state index is 12.4. The second-order valence-electron chi connectivity index (χ2n) is 6.27. The summed E-state index contributed by atoms with van der Waals surface area (Å²) in [6, 6.07) is 1.83. The highest BCUT2D eigenvalue weighted by atomic mass is 16.5. The van der Waals surface area contributed by atoms with E-state index >= 15 is 0 Å². The zero-order valence-electron chi connectivity index (χ0n) is 13.8. The Morgan fingerprint density at radius 1 is 1.52 bits per heavy atom. The van der Waals surface area contributed by atoms with Crippen molar-refractivity contribution in [1.29, 1.82) is 0 Å². The van der Waals surface area contributed by atoms with E-state index in [0.717, 1.165) is 37.2 Å². The van der Waals surface area contributed by atoms with Crippen LogP contribution in [0.1, 0.15) is 31.0 Å². The SMILES string of the molecule is Cc1cnn(C[C@@H]2CCCN2[C@@H](C)C(=O)Nc2cc(C)no2)c1. The molecule has 2 aromatic rings. The van der Waals surface area contributed by atoms with Crippen LogP contribution in [0.5, 0.6) is 0 Å². The number of carbonyl (C=O) groups excluding carboxylic acids is 1. The summed E-state index contributed by atoms with van der Waals surface area (Å²) < 4.78 is 7.02. The molecule has 124 valence electrons. The third-order valence-electron chi connectivity index (χ3n) is 4.33. The highest BCUT2D eigenvalue weighted by molar-refractivity contribution is 5.93. The van der Waals surface area contributed by atoms with Gasteiger partial charge in [0.25, 0.3) is 0 Å². The smallest absolute Gasteiger partial charge is 0.243 e. The number of anilines is 1. The molecule has 1 aliphatic rings. The molecular weight excluding hydrogens is 294 g/mol. The van der Waals surface area contributed by atoms with Gasteiger partial charge in [-0.25, -0.2) is 0 Å². The molecule has 0 aromatic carbocycles. The molecule has 0 aliphatic carbocycles. The Bertz CT molecular complexity index is 678. The normalized spacial score (nSPS) is 19.9.